The van der Waals surface area contributed by atoms with Gasteiger partial charge in [-0.05, 0) is 51.7 Å². The van der Waals surface area contributed by atoms with Crippen LogP contribution in [0.5, 0.6) is 5.75 Å². The van der Waals surface area contributed by atoms with Gasteiger partial charge in [0.05, 0.1) is 11.2 Å². The third kappa shape index (κ3) is 3.03. The first kappa shape index (κ1) is 16.2. The summed E-state index contributed by atoms with van der Waals surface area (Å²) in [7, 11) is -0.755. The van der Waals surface area contributed by atoms with Crippen molar-refractivity contribution in [2.24, 2.45) is 0 Å². The molecule has 0 bridgehead atoms. The van der Waals surface area contributed by atoms with Crippen LogP contribution < -0.4 is 10.2 Å². The lowest BCUT2D eigenvalue weighted by molar-refractivity contribution is -0.0522. The smallest absolute Gasteiger partial charge is 0.432 e. The highest BCUT2D eigenvalue weighted by atomic mass is 19.3. The minimum atomic E-state index is -3.09. The van der Waals surface area contributed by atoms with Gasteiger partial charge in [0.15, 0.2) is 11.6 Å². The maximum Gasteiger partial charge on any atom is 0.494 e. The van der Waals surface area contributed by atoms with Gasteiger partial charge in [-0.25, -0.2) is 4.39 Å². The quantitative estimate of drug-likeness (QED) is 0.803. The molecular weight excluding hydrogens is 284 g/mol. The summed E-state index contributed by atoms with van der Waals surface area (Å²) in [4.78, 5) is 0. The Labute approximate surface area is 122 Å². The maximum absolute atomic E-state index is 13.8. The van der Waals surface area contributed by atoms with E-state index in [0.29, 0.717) is 5.46 Å². The lowest BCUT2D eigenvalue weighted by Crippen LogP contribution is -2.41. The summed E-state index contributed by atoms with van der Waals surface area (Å²) in [6.07, 6.45) is 0. The molecule has 0 N–H and O–H groups in total. The summed E-state index contributed by atoms with van der Waals surface area (Å²) >= 11 is 0. The highest BCUT2D eigenvalue weighted by Gasteiger charge is 2.51. The first-order chi connectivity index (χ1) is 9.53. The van der Waals surface area contributed by atoms with Crippen molar-refractivity contribution in [3.8, 4) is 5.75 Å². The molecule has 116 valence electrons. The van der Waals surface area contributed by atoms with Crippen molar-refractivity contribution < 1.29 is 27.2 Å². The summed E-state index contributed by atoms with van der Waals surface area (Å²) in [6.45, 7) is 5.88. The van der Waals surface area contributed by atoms with Gasteiger partial charge in [-0.1, -0.05) is 6.07 Å². The molecular formula is C14H18BF3O3. The Morgan fingerprint density at radius 2 is 1.62 bits per heavy atom. The van der Waals surface area contributed by atoms with Crippen molar-refractivity contribution >= 4 is 12.6 Å². The number of ether oxygens (including phenoxy) is 1. The third-order valence-corrected chi connectivity index (χ3v) is 3.98. The van der Waals surface area contributed by atoms with Crippen molar-refractivity contribution in [1.82, 2.24) is 0 Å². The predicted octanol–water partition coefficient (Wildman–Crippen LogP) is 3.03. The molecule has 7 heteroatoms. The van der Waals surface area contributed by atoms with Crippen LogP contribution >= 0.6 is 0 Å². The van der Waals surface area contributed by atoms with Crippen LogP contribution in [0.2, 0.25) is 0 Å². The first-order valence-electron chi connectivity index (χ1n) is 6.64. The number of hydrogen-bond donors (Lipinski definition) is 0. The lowest BCUT2D eigenvalue weighted by Gasteiger charge is -2.32. The monoisotopic (exact) mass is 302 g/mol. The molecule has 1 fully saturated rings. The van der Waals surface area contributed by atoms with Gasteiger partial charge in [0, 0.05) is 0 Å². The number of halogens is 3. The zero-order valence-electron chi connectivity index (χ0n) is 12.7. The molecule has 1 aliphatic heterocycles. The second-order valence-corrected chi connectivity index (χ2v) is 6.12. The summed E-state index contributed by atoms with van der Waals surface area (Å²) < 4.78 is 54.3. The fourth-order valence-corrected chi connectivity index (χ4v) is 2.06. The number of aryl methyl sites for hydroxylation is 1. The second-order valence-electron chi connectivity index (χ2n) is 6.12. The van der Waals surface area contributed by atoms with Crippen LogP contribution in [0.25, 0.3) is 0 Å². The molecule has 1 aliphatic rings. The van der Waals surface area contributed by atoms with Gasteiger partial charge in [-0.15, -0.1) is 0 Å². The van der Waals surface area contributed by atoms with Gasteiger partial charge in [0.25, 0.3) is 0 Å². The average Bonchev–Trinajstić information content (AvgIpc) is 2.53. The van der Waals surface area contributed by atoms with Crippen LogP contribution in [0.15, 0.2) is 12.1 Å². The predicted molar refractivity (Wildman–Crippen MR) is 73.5 cm³/mol. The average molecular weight is 302 g/mol. The van der Waals surface area contributed by atoms with E-state index in [4.69, 9.17) is 9.31 Å². The first-order valence-corrected chi connectivity index (χ1v) is 6.64. The van der Waals surface area contributed by atoms with Crippen LogP contribution in [-0.2, 0) is 9.31 Å². The lowest BCUT2D eigenvalue weighted by atomic mass is 9.78. The van der Waals surface area contributed by atoms with Gasteiger partial charge < -0.3 is 14.0 Å². The summed E-state index contributed by atoms with van der Waals surface area (Å²) in [6, 6.07) is 2.70. The molecule has 21 heavy (non-hydrogen) atoms. The molecule has 1 aromatic rings. The number of hydrogen-bond acceptors (Lipinski definition) is 3. The molecule has 0 amide bonds. The normalized spacial score (nSPS) is 20.1. The van der Waals surface area contributed by atoms with Crippen LogP contribution in [0, 0.1) is 12.7 Å². The van der Waals surface area contributed by atoms with Crippen molar-refractivity contribution in [1.29, 1.82) is 0 Å². The van der Waals surface area contributed by atoms with Crippen molar-refractivity contribution in [3.05, 3.63) is 23.5 Å². The highest BCUT2D eigenvalue weighted by molar-refractivity contribution is 6.62. The molecule has 0 saturated carbocycles. The minimum Gasteiger partial charge on any atom is -0.432 e. The van der Waals surface area contributed by atoms with E-state index in [9.17, 15) is 13.2 Å². The van der Waals surface area contributed by atoms with E-state index < -0.39 is 36.5 Å². The standard InChI is InChI=1S/C14H18BF3O3/c1-8-6-9(7-10(11(8)16)19-12(17)18)15-20-13(2,3)14(4,5)21-15/h6-7,12H,1-5H3. The maximum atomic E-state index is 13.8. The fourth-order valence-electron chi connectivity index (χ4n) is 2.06. The molecule has 0 atom stereocenters. The van der Waals surface area contributed by atoms with Crippen molar-refractivity contribution in [2.75, 3.05) is 0 Å². The van der Waals surface area contributed by atoms with Crippen LogP contribution in [0.1, 0.15) is 33.3 Å². The Bertz CT molecular complexity index is 531. The van der Waals surface area contributed by atoms with Gasteiger partial charge in [0.2, 0.25) is 0 Å². The molecule has 1 saturated heterocycles. The van der Waals surface area contributed by atoms with Crippen molar-refractivity contribution in [2.45, 2.75) is 52.4 Å². The van der Waals surface area contributed by atoms with E-state index in [-0.39, 0.29) is 5.56 Å². The molecule has 1 aromatic carbocycles. The Hall–Kier alpha value is -1.21. The van der Waals surface area contributed by atoms with Crippen LogP contribution in [0.3, 0.4) is 0 Å². The Balaban J connectivity index is 2.36. The van der Waals surface area contributed by atoms with Gasteiger partial charge in [0.1, 0.15) is 0 Å². The van der Waals surface area contributed by atoms with Crippen LogP contribution in [-0.4, -0.2) is 24.9 Å². The Morgan fingerprint density at radius 3 is 2.10 bits per heavy atom. The van der Waals surface area contributed by atoms with E-state index >= 15 is 0 Å². The Kier molecular flexibility index (Phi) is 4.01. The van der Waals surface area contributed by atoms with E-state index in [0.717, 1.165) is 0 Å². The van der Waals surface area contributed by atoms with Crippen LogP contribution in [0.4, 0.5) is 13.2 Å². The fraction of sp³-hybridized carbons (Fsp3) is 0.571. The number of benzene rings is 1. The van der Waals surface area contributed by atoms with E-state index in [1.165, 1.54) is 19.1 Å². The molecule has 0 unspecified atom stereocenters. The van der Waals surface area contributed by atoms with Crippen molar-refractivity contribution in [3.63, 3.8) is 0 Å². The van der Waals surface area contributed by atoms with Gasteiger partial charge in [-0.2, -0.15) is 8.78 Å². The molecule has 0 radical (unpaired) electrons. The minimum absolute atomic E-state index is 0.192. The zero-order chi connectivity index (χ0) is 16.0. The number of alkyl halides is 2. The highest BCUT2D eigenvalue weighted by Crippen LogP contribution is 2.37. The number of rotatable bonds is 3. The summed E-state index contributed by atoms with van der Waals surface area (Å²) in [5.74, 6) is -1.31. The molecule has 1 heterocycles. The second kappa shape index (κ2) is 5.21. The molecule has 0 aromatic heterocycles. The van der Waals surface area contributed by atoms with Gasteiger partial charge in [-0.3, -0.25) is 0 Å². The van der Waals surface area contributed by atoms with Gasteiger partial charge >= 0.3 is 13.7 Å². The molecule has 0 spiro atoms. The molecule has 2 rings (SSSR count). The van der Waals surface area contributed by atoms with E-state index in [2.05, 4.69) is 4.74 Å². The Morgan fingerprint density at radius 1 is 1.10 bits per heavy atom. The van der Waals surface area contributed by atoms with E-state index in [1.807, 2.05) is 27.7 Å². The topological polar surface area (TPSA) is 27.7 Å². The molecule has 0 aliphatic carbocycles. The SMILES string of the molecule is Cc1cc(B2OC(C)(C)C(C)(C)O2)cc(OC(F)F)c1F. The third-order valence-electron chi connectivity index (χ3n) is 3.98. The summed E-state index contributed by atoms with van der Waals surface area (Å²) in [5.41, 5.74) is -0.492. The van der Waals surface area contributed by atoms with E-state index in [1.54, 1.807) is 0 Å². The molecule has 3 nitrogen and oxygen atoms in total. The zero-order valence-corrected chi connectivity index (χ0v) is 12.7. The summed E-state index contributed by atoms with van der Waals surface area (Å²) in [5, 5.41) is 0. The largest absolute Gasteiger partial charge is 0.494 e.